The molecular weight excluding hydrogens is 718 g/mol. The number of carbonyl (C=O) groups is 3. The number of hydrogen-bond acceptors (Lipinski definition) is 6. The molecule has 8 nitrogen and oxygen atoms in total. The third-order valence-electron chi connectivity index (χ3n) is 8.07. The van der Waals surface area contributed by atoms with Crippen LogP contribution >= 0.6 is 23.4 Å². The maximum atomic E-state index is 13.8. The number of carbonyl (C=O) groups excluding carboxylic acids is 3. The van der Waals surface area contributed by atoms with Crippen LogP contribution in [0.3, 0.4) is 0 Å². The number of nitrogens with one attached hydrogen (secondary N) is 3. The first-order valence-electron chi connectivity index (χ1n) is 17.0. The number of rotatable bonds is 14. The standard InChI is InChI=1S/C44H36ClN3O5S/c1-52-40-25-22-35(28-38(40)45)47-44(51)41(32-14-7-3-8-15-32)54-37-19-11-18-34(27-37)46-43(50)39(48-42(49)33-16-9-4-10-17-33)26-30-20-23-36(24-21-30)53-29-31-12-5-2-6-13-31/h2-28,41H,29H2,1H3,(H,46,50)(H,47,51)(H,48,49)/b39-26+. The minimum atomic E-state index is -0.640. The van der Waals surface area contributed by atoms with Gasteiger partial charge >= 0.3 is 0 Å². The topological polar surface area (TPSA) is 106 Å². The van der Waals surface area contributed by atoms with Gasteiger partial charge in [0.25, 0.3) is 11.8 Å². The van der Waals surface area contributed by atoms with Crippen LogP contribution in [-0.2, 0) is 16.2 Å². The maximum Gasteiger partial charge on any atom is 0.272 e. The molecule has 54 heavy (non-hydrogen) atoms. The average molecular weight is 754 g/mol. The van der Waals surface area contributed by atoms with E-state index in [1.165, 1.54) is 18.9 Å². The van der Waals surface area contributed by atoms with Crippen molar-refractivity contribution in [2.45, 2.75) is 16.8 Å². The Morgan fingerprint density at radius 1 is 0.722 bits per heavy atom. The Morgan fingerprint density at radius 3 is 2.07 bits per heavy atom. The fraction of sp³-hybridized carbons (Fsp3) is 0.0682. The molecule has 10 heteroatoms. The number of amides is 3. The summed E-state index contributed by atoms with van der Waals surface area (Å²) in [4.78, 5) is 41.5. The first-order chi connectivity index (χ1) is 26.3. The second-order valence-corrected chi connectivity index (χ2v) is 13.5. The summed E-state index contributed by atoms with van der Waals surface area (Å²) in [6.07, 6.45) is 1.61. The van der Waals surface area contributed by atoms with E-state index in [-0.39, 0.29) is 11.6 Å². The highest BCUT2D eigenvalue weighted by Crippen LogP contribution is 2.38. The number of thioether (sulfide) groups is 1. The summed E-state index contributed by atoms with van der Waals surface area (Å²) >= 11 is 7.64. The van der Waals surface area contributed by atoms with Gasteiger partial charge in [0.05, 0.1) is 12.1 Å². The Kier molecular flexibility index (Phi) is 12.8. The zero-order valence-electron chi connectivity index (χ0n) is 29.2. The van der Waals surface area contributed by atoms with Crippen molar-refractivity contribution in [3.63, 3.8) is 0 Å². The molecule has 0 radical (unpaired) electrons. The van der Waals surface area contributed by atoms with Crippen LogP contribution in [0, 0.1) is 0 Å². The van der Waals surface area contributed by atoms with E-state index in [1.807, 2.05) is 97.1 Å². The van der Waals surface area contributed by atoms with Crippen LogP contribution in [0.25, 0.3) is 6.08 Å². The highest BCUT2D eigenvalue weighted by molar-refractivity contribution is 8.00. The molecule has 0 aliphatic heterocycles. The molecule has 0 bridgehead atoms. The van der Waals surface area contributed by atoms with Crippen LogP contribution in [0.5, 0.6) is 11.5 Å². The van der Waals surface area contributed by atoms with E-state index in [0.29, 0.717) is 45.6 Å². The van der Waals surface area contributed by atoms with Gasteiger partial charge in [0.1, 0.15) is 29.1 Å². The van der Waals surface area contributed by atoms with E-state index in [2.05, 4.69) is 16.0 Å². The summed E-state index contributed by atoms with van der Waals surface area (Å²) < 4.78 is 11.2. The predicted molar refractivity (Wildman–Crippen MR) is 216 cm³/mol. The molecule has 6 aromatic carbocycles. The number of methoxy groups -OCH3 is 1. The van der Waals surface area contributed by atoms with Crippen LogP contribution in [0.2, 0.25) is 5.02 Å². The molecular formula is C44H36ClN3O5S. The molecule has 3 amide bonds. The number of hydrogen-bond donors (Lipinski definition) is 3. The van der Waals surface area contributed by atoms with Crippen LogP contribution in [0.4, 0.5) is 11.4 Å². The SMILES string of the molecule is COc1ccc(NC(=O)C(Sc2cccc(NC(=O)/C(=C\c3ccc(OCc4ccccc4)cc3)NC(=O)c3ccccc3)c2)c2ccccc2)cc1Cl. The Morgan fingerprint density at radius 2 is 1.39 bits per heavy atom. The van der Waals surface area contributed by atoms with E-state index in [4.69, 9.17) is 21.1 Å². The van der Waals surface area contributed by atoms with Crippen LogP contribution < -0.4 is 25.4 Å². The zero-order chi connectivity index (χ0) is 37.7. The molecule has 3 N–H and O–H groups in total. The molecule has 0 heterocycles. The number of benzene rings is 6. The quantitative estimate of drug-likeness (QED) is 0.0756. The Labute approximate surface area is 323 Å². The van der Waals surface area contributed by atoms with Crippen LogP contribution in [0.15, 0.2) is 168 Å². The summed E-state index contributed by atoms with van der Waals surface area (Å²) in [5, 5.41) is 8.40. The predicted octanol–water partition coefficient (Wildman–Crippen LogP) is 9.81. The third kappa shape index (κ3) is 10.4. The molecule has 1 unspecified atom stereocenters. The Balaban J connectivity index is 1.20. The van der Waals surface area contributed by atoms with Gasteiger partial charge in [-0.3, -0.25) is 14.4 Å². The zero-order valence-corrected chi connectivity index (χ0v) is 30.8. The molecule has 270 valence electrons. The lowest BCUT2D eigenvalue weighted by Gasteiger charge is -2.18. The van der Waals surface area contributed by atoms with Gasteiger partial charge in [-0.25, -0.2) is 0 Å². The lowest BCUT2D eigenvalue weighted by Crippen LogP contribution is -2.30. The van der Waals surface area contributed by atoms with Gasteiger partial charge in [0, 0.05) is 21.8 Å². The van der Waals surface area contributed by atoms with Crippen molar-refractivity contribution in [2.75, 3.05) is 17.7 Å². The average Bonchev–Trinajstić information content (AvgIpc) is 3.20. The van der Waals surface area contributed by atoms with E-state index in [0.717, 1.165) is 16.0 Å². The number of ether oxygens (including phenoxy) is 2. The second kappa shape index (κ2) is 18.5. The molecule has 6 aromatic rings. The Bertz CT molecular complexity index is 2230. The van der Waals surface area contributed by atoms with E-state index >= 15 is 0 Å². The molecule has 1 atom stereocenters. The van der Waals surface area contributed by atoms with Crippen LogP contribution in [-0.4, -0.2) is 24.8 Å². The summed E-state index contributed by atoms with van der Waals surface area (Å²) in [5.74, 6) is -0.0483. The Hall–Kier alpha value is -6.29. The van der Waals surface area contributed by atoms with Gasteiger partial charge < -0.3 is 25.4 Å². The summed E-state index contributed by atoms with van der Waals surface area (Å²) in [6, 6.07) is 47.4. The second-order valence-electron chi connectivity index (χ2n) is 12.0. The van der Waals surface area contributed by atoms with Gasteiger partial charge in [-0.1, -0.05) is 109 Å². The van der Waals surface area contributed by atoms with Crippen molar-refractivity contribution in [2.24, 2.45) is 0 Å². The highest BCUT2D eigenvalue weighted by atomic mass is 35.5. The molecule has 0 fully saturated rings. The fourth-order valence-corrected chi connectivity index (χ4v) is 6.69. The number of halogens is 1. The van der Waals surface area contributed by atoms with Crippen molar-refractivity contribution in [1.29, 1.82) is 0 Å². The van der Waals surface area contributed by atoms with Crippen molar-refractivity contribution in [1.82, 2.24) is 5.32 Å². The minimum absolute atomic E-state index is 0.0413. The molecule has 0 spiro atoms. The van der Waals surface area contributed by atoms with Crippen molar-refractivity contribution < 1.29 is 23.9 Å². The summed E-state index contributed by atoms with van der Waals surface area (Å²) in [6.45, 7) is 0.419. The third-order valence-corrected chi connectivity index (χ3v) is 9.62. The highest BCUT2D eigenvalue weighted by Gasteiger charge is 2.23. The first kappa shape index (κ1) is 37.5. The monoisotopic (exact) mass is 753 g/mol. The maximum absolute atomic E-state index is 13.8. The lowest BCUT2D eigenvalue weighted by atomic mass is 10.1. The molecule has 0 aliphatic rings. The van der Waals surface area contributed by atoms with E-state index in [9.17, 15) is 14.4 Å². The van der Waals surface area contributed by atoms with E-state index < -0.39 is 17.1 Å². The fourth-order valence-electron chi connectivity index (χ4n) is 5.34. The van der Waals surface area contributed by atoms with E-state index in [1.54, 1.807) is 66.7 Å². The normalized spacial score (nSPS) is 11.6. The molecule has 0 saturated carbocycles. The van der Waals surface area contributed by atoms with Crippen molar-refractivity contribution in [3.05, 3.63) is 191 Å². The minimum Gasteiger partial charge on any atom is -0.495 e. The largest absolute Gasteiger partial charge is 0.495 e. The van der Waals surface area contributed by atoms with Gasteiger partial charge in [-0.2, -0.15) is 0 Å². The first-order valence-corrected chi connectivity index (χ1v) is 18.2. The van der Waals surface area contributed by atoms with Gasteiger partial charge in [0.15, 0.2) is 0 Å². The molecule has 0 aromatic heterocycles. The van der Waals surface area contributed by atoms with Crippen molar-refractivity contribution >= 4 is 58.5 Å². The smallest absolute Gasteiger partial charge is 0.272 e. The number of anilines is 2. The molecule has 6 rings (SSSR count). The molecule has 0 saturated heterocycles. The summed E-state index contributed by atoms with van der Waals surface area (Å²) in [5.41, 5.74) is 3.97. The van der Waals surface area contributed by atoms with Gasteiger partial charge in [-0.15, -0.1) is 11.8 Å². The lowest BCUT2D eigenvalue weighted by molar-refractivity contribution is -0.116. The van der Waals surface area contributed by atoms with Gasteiger partial charge in [0.2, 0.25) is 5.91 Å². The van der Waals surface area contributed by atoms with Gasteiger partial charge in [-0.05, 0) is 83.4 Å². The molecule has 0 aliphatic carbocycles. The van der Waals surface area contributed by atoms with Crippen LogP contribution in [0.1, 0.15) is 32.3 Å². The van der Waals surface area contributed by atoms with Crippen molar-refractivity contribution in [3.8, 4) is 11.5 Å². The summed E-state index contributed by atoms with van der Waals surface area (Å²) in [7, 11) is 1.53.